The molecule has 106 valence electrons. The maximum Gasteiger partial charge on any atom is 0.336 e. The number of hydrogen-bond donors (Lipinski definition) is 3. The zero-order valence-corrected chi connectivity index (χ0v) is 12.5. The summed E-state index contributed by atoms with van der Waals surface area (Å²) in [7, 11) is -3.83. The molecule has 0 aliphatic rings. The van der Waals surface area contributed by atoms with Gasteiger partial charge < -0.3 is 10.2 Å². The van der Waals surface area contributed by atoms with Gasteiger partial charge in [0.1, 0.15) is 0 Å². The van der Waals surface area contributed by atoms with Crippen molar-refractivity contribution in [2.75, 3.05) is 6.54 Å². The van der Waals surface area contributed by atoms with E-state index >= 15 is 0 Å². The van der Waals surface area contributed by atoms with Gasteiger partial charge in [-0.1, -0.05) is 6.92 Å². The first-order chi connectivity index (χ1) is 8.77. The molecule has 0 bridgehead atoms. The second-order valence-electron chi connectivity index (χ2n) is 3.86. The smallest absolute Gasteiger partial charge is 0.336 e. The van der Waals surface area contributed by atoms with Crippen molar-refractivity contribution in [2.45, 2.75) is 24.3 Å². The van der Waals surface area contributed by atoms with E-state index in [1.807, 2.05) is 0 Å². The molecule has 6 nitrogen and oxygen atoms in total. The number of benzene rings is 1. The second-order valence-corrected chi connectivity index (χ2v) is 6.48. The van der Waals surface area contributed by atoms with Crippen molar-refractivity contribution in [3.05, 3.63) is 28.2 Å². The Bertz CT molecular complexity index is 572. The average Bonchev–Trinajstić information content (AvgIpc) is 2.35. The number of rotatable bonds is 6. The highest BCUT2D eigenvalue weighted by Gasteiger charge is 2.18. The third kappa shape index (κ3) is 4.27. The fraction of sp³-hybridized carbons (Fsp3) is 0.364. The van der Waals surface area contributed by atoms with Crippen LogP contribution in [0.1, 0.15) is 23.7 Å². The normalized spacial score (nSPS) is 13.2. The van der Waals surface area contributed by atoms with Crippen molar-refractivity contribution in [1.29, 1.82) is 0 Å². The van der Waals surface area contributed by atoms with E-state index in [2.05, 4.69) is 20.7 Å². The van der Waals surface area contributed by atoms with Gasteiger partial charge in [0.2, 0.25) is 10.0 Å². The monoisotopic (exact) mass is 351 g/mol. The van der Waals surface area contributed by atoms with Crippen molar-refractivity contribution in [3.8, 4) is 0 Å². The van der Waals surface area contributed by atoms with E-state index in [1.54, 1.807) is 6.92 Å². The van der Waals surface area contributed by atoms with Crippen LogP contribution in [0, 0.1) is 0 Å². The Hall–Kier alpha value is -0.960. The van der Waals surface area contributed by atoms with Gasteiger partial charge in [0.15, 0.2) is 0 Å². The molecule has 0 saturated carbocycles. The van der Waals surface area contributed by atoms with Crippen LogP contribution in [0.4, 0.5) is 0 Å². The summed E-state index contributed by atoms with van der Waals surface area (Å²) in [5, 5.41) is 18.3. The number of carboxylic acid groups (broad SMARTS) is 1. The lowest BCUT2D eigenvalue weighted by Gasteiger charge is -2.11. The van der Waals surface area contributed by atoms with E-state index in [0.717, 1.165) is 6.07 Å². The van der Waals surface area contributed by atoms with Crippen LogP contribution in [0.15, 0.2) is 27.6 Å². The van der Waals surface area contributed by atoms with E-state index in [9.17, 15) is 18.3 Å². The number of hydrogen-bond acceptors (Lipinski definition) is 4. The molecule has 0 amide bonds. The van der Waals surface area contributed by atoms with Crippen molar-refractivity contribution < 1.29 is 23.4 Å². The van der Waals surface area contributed by atoms with Crippen LogP contribution in [0.5, 0.6) is 0 Å². The molecule has 3 N–H and O–H groups in total. The molecule has 0 fully saturated rings. The Morgan fingerprint density at radius 3 is 2.63 bits per heavy atom. The molecule has 8 heteroatoms. The van der Waals surface area contributed by atoms with Gasteiger partial charge in [-0.15, -0.1) is 0 Å². The first kappa shape index (κ1) is 16.1. The lowest BCUT2D eigenvalue weighted by Crippen LogP contribution is -2.31. The molecule has 0 saturated heterocycles. The van der Waals surface area contributed by atoms with E-state index in [-0.39, 0.29) is 17.0 Å². The highest BCUT2D eigenvalue weighted by atomic mass is 79.9. The summed E-state index contributed by atoms with van der Waals surface area (Å²) in [4.78, 5) is 10.8. The van der Waals surface area contributed by atoms with Crippen LogP contribution in [0.2, 0.25) is 0 Å². The third-order valence-electron chi connectivity index (χ3n) is 2.46. The van der Waals surface area contributed by atoms with Gasteiger partial charge in [-0.3, -0.25) is 0 Å². The van der Waals surface area contributed by atoms with Gasteiger partial charge in [-0.05, 0) is 40.5 Å². The molecule has 1 aromatic rings. The predicted molar refractivity (Wildman–Crippen MR) is 72.6 cm³/mol. The van der Waals surface area contributed by atoms with Crippen LogP contribution < -0.4 is 4.72 Å². The fourth-order valence-electron chi connectivity index (χ4n) is 1.27. The van der Waals surface area contributed by atoms with E-state index in [0.29, 0.717) is 10.9 Å². The number of halogens is 1. The number of carboxylic acids is 1. The minimum Gasteiger partial charge on any atom is -0.478 e. The van der Waals surface area contributed by atoms with Crippen LogP contribution in [-0.4, -0.2) is 37.2 Å². The molecule has 19 heavy (non-hydrogen) atoms. The largest absolute Gasteiger partial charge is 0.478 e. The summed E-state index contributed by atoms with van der Waals surface area (Å²) in [6.07, 6.45) is -0.354. The molecule has 0 radical (unpaired) electrons. The van der Waals surface area contributed by atoms with Crippen LogP contribution in [0.3, 0.4) is 0 Å². The molecule has 0 heterocycles. The summed E-state index contributed by atoms with van der Waals surface area (Å²) in [5.41, 5.74) is -0.140. The Morgan fingerprint density at radius 1 is 1.47 bits per heavy atom. The summed E-state index contributed by atoms with van der Waals surface area (Å²) in [6.45, 7) is 1.61. The predicted octanol–water partition coefficient (Wildman–Crippen LogP) is 1.20. The maximum absolute atomic E-state index is 11.9. The van der Waals surface area contributed by atoms with Crippen molar-refractivity contribution >= 4 is 31.9 Å². The van der Waals surface area contributed by atoms with Gasteiger partial charge in [-0.2, -0.15) is 0 Å². The lowest BCUT2D eigenvalue weighted by atomic mass is 10.2. The number of aliphatic hydroxyl groups excluding tert-OH is 1. The zero-order chi connectivity index (χ0) is 14.6. The molecule has 0 aliphatic carbocycles. The minimum atomic E-state index is -3.83. The molecule has 0 aliphatic heterocycles. The van der Waals surface area contributed by atoms with Gasteiger partial charge in [0.05, 0.1) is 16.6 Å². The van der Waals surface area contributed by atoms with E-state index < -0.39 is 22.1 Å². The van der Waals surface area contributed by atoms with E-state index in [4.69, 9.17) is 5.11 Å². The number of sulfonamides is 1. The average molecular weight is 352 g/mol. The number of carbonyl (C=O) groups is 1. The summed E-state index contributed by atoms with van der Waals surface area (Å²) in [6, 6.07) is 3.71. The Balaban J connectivity index is 3.02. The molecule has 1 rings (SSSR count). The van der Waals surface area contributed by atoms with Gasteiger partial charge >= 0.3 is 5.97 Å². The number of nitrogens with one attached hydrogen (secondary N) is 1. The topological polar surface area (TPSA) is 104 Å². The molecular formula is C11H14BrNO5S. The van der Waals surface area contributed by atoms with Gasteiger partial charge in [-0.25, -0.2) is 17.9 Å². The van der Waals surface area contributed by atoms with Crippen molar-refractivity contribution in [2.24, 2.45) is 0 Å². The second kappa shape index (κ2) is 6.47. The lowest BCUT2D eigenvalue weighted by molar-refractivity contribution is 0.0695. The zero-order valence-electron chi connectivity index (χ0n) is 10.1. The summed E-state index contributed by atoms with van der Waals surface area (Å²) >= 11 is 3.04. The standard InChI is InChI=1S/C11H14BrNO5S/c1-2-7(14)6-13-19(17,18)8-3-4-10(12)9(5-8)11(15)16/h3-5,7,13-14H,2,6H2,1H3,(H,15,16). The molecule has 0 spiro atoms. The Morgan fingerprint density at radius 2 is 2.11 bits per heavy atom. The first-order valence-corrected chi connectivity index (χ1v) is 7.76. The summed E-state index contributed by atoms with van der Waals surface area (Å²) in [5.74, 6) is -1.22. The molecule has 1 unspecified atom stereocenters. The molecule has 1 aromatic carbocycles. The molecule has 0 aromatic heterocycles. The highest BCUT2D eigenvalue weighted by molar-refractivity contribution is 9.10. The minimum absolute atomic E-state index is 0.114. The quantitative estimate of drug-likeness (QED) is 0.714. The van der Waals surface area contributed by atoms with Crippen LogP contribution >= 0.6 is 15.9 Å². The number of aliphatic hydroxyl groups is 1. The fourth-order valence-corrected chi connectivity index (χ4v) is 2.78. The van der Waals surface area contributed by atoms with Gasteiger partial charge in [0.25, 0.3) is 0 Å². The molecular weight excluding hydrogens is 338 g/mol. The van der Waals surface area contributed by atoms with Crippen LogP contribution in [0.25, 0.3) is 0 Å². The van der Waals surface area contributed by atoms with E-state index in [1.165, 1.54) is 12.1 Å². The van der Waals surface area contributed by atoms with Crippen molar-refractivity contribution in [3.63, 3.8) is 0 Å². The maximum atomic E-state index is 11.9. The highest BCUT2D eigenvalue weighted by Crippen LogP contribution is 2.21. The van der Waals surface area contributed by atoms with Gasteiger partial charge in [0, 0.05) is 11.0 Å². The first-order valence-electron chi connectivity index (χ1n) is 5.48. The Kier molecular flexibility index (Phi) is 5.48. The van der Waals surface area contributed by atoms with Crippen molar-refractivity contribution in [1.82, 2.24) is 4.72 Å². The third-order valence-corrected chi connectivity index (χ3v) is 4.57. The molecule has 1 atom stereocenters. The Labute approximate surface area is 119 Å². The number of aromatic carboxylic acids is 1. The van der Waals surface area contributed by atoms with Crippen LogP contribution in [-0.2, 0) is 10.0 Å². The SMILES string of the molecule is CCC(O)CNS(=O)(=O)c1ccc(Br)c(C(=O)O)c1. The summed E-state index contributed by atoms with van der Waals surface area (Å²) < 4.78 is 26.3.